The van der Waals surface area contributed by atoms with Crippen LogP contribution in [0.15, 0.2) is 24.3 Å². The van der Waals surface area contributed by atoms with Gasteiger partial charge in [-0.25, -0.2) is 9.78 Å². The van der Waals surface area contributed by atoms with Crippen molar-refractivity contribution in [3.05, 3.63) is 30.1 Å². The number of piperidine rings is 1. The van der Waals surface area contributed by atoms with Crippen LogP contribution < -0.4 is 5.73 Å². The van der Waals surface area contributed by atoms with Crippen LogP contribution in [0.2, 0.25) is 0 Å². The van der Waals surface area contributed by atoms with Gasteiger partial charge in [0.15, 0.2) is 0 Å². The van der Waals surface area contributed by atoms with E-state index in [4.69, 9.17) is 5.73 Å². The Hall–Kier alpha value is -2.71. The number of para-hydroxylation sites is 2. The number of carbonyl (C=O) groups is 2. The summed E-state index contributed by atoms with van der Waals surface area (Å²) in [6.45, 7) is -2.00. The van der Waals surface area contributed by atoms with Crippen LogP contribution in [0.1, 0.15) is 25.2 Å². The number of amides is 3. The molecule has 1 aliphatic heterocycles. The van der Waals surface area contributed by atoms with Crippen LogP contribution in [0, 0.1) is 5.92 Å². The Morgan fingerprint density at radius 1 is 1.38 bits per heavy atom. The lowest BCUT2D eigenvalue weighted by molar-refractivity contribution is -0.136. The van der Waals surface area contributed by atoms with E-state index >= 15 is 0 Å². The van der Waals surface area contributed by atoms with Gasteiger partial charge in [0, 0.05) is 20.1 Å². The van der Waals surface area contributed by atoms with E-state index in [1.807, 2.05) is 0 Å². The fraction of sp³-hybridized carbons (Fsp3) is 0.471. The molecule has 1 saturated heterocycles. The number of carbonyl (C=O) groups excluding carboxylic acids is 2. The number of likely N-dealkylation sites (tertiary alicyclic amines) is 1. The summed E-state index contributed by atoms with van der Waals surface area (Å²) in [5.41, 5.74) is 6.08. The van der Waals surface area contributed by atoms with Crippen molar-refractivity contribution in [2.24, 2.45) is 11.7 Å². The summed E-state index contributed by atoms with van der Waals surface area (Å²) in [5, 5.41) is 0. The molecule has 140 valence electrons. The fourth-order valence-corrected chi connectivity index (χ4v) is 3.40. The highest BCUT2D eigenvalue weighted by Crippen LogP contribution is 2.25. The van der Waals surface area contributed by atoms with Gasteiger partial charge in [0.2, 0.25) is 5.91 Å². The summed E-state index contributed by atoms with van der Waals surface area (Å²) in [6, 6.07) is 6.08. The van der Waals surface area contributed by atoms with Crippen LogP contribution >= 0.6 is 0 Å². The summed E-state index contributed by atoms with van der Waals surface area (Å²) in [4.78, 5) is 31.1. The molecule has 1 aliphatic rings. The number of hydrogen-bond donors (Lipinski definition) is 1. The zero-order valence-corrected chi connectivity index (χ0v) is 14.4. The number of imidazole rings is 1. The molecular weight excluding hydrogens is 344 g/mol. The van der Waals surface area contributed by atoms with E-state index < -0.39 is 12.6 Å². The third kappa shape index (κ3) is 3.47. The molecule has 2 heterocycles. The van der Waals surface area contributed by atoms with Crippen LogP contribution in [-0.4, -0.2) is 51.4 Å². The first-order valence-corrected chi connectivity index (χ1v) is 8.42. The first kappa shape index (κ1) is 18.1. The summed E-state index contributed by atoms with van der Waals surface area (Å²) in [5.74, 6) is -0.464. The van der Waals surface area contributed by atoms with Gasteiger partial charge < -0.3 is 15.5 Å². The zero-order valence-electron chi connectivity index (χ0n) is 14.4. The summed E-state index contributed by atoms with van der Waals surface area (Å²) in [7, 11) is 1.56. The van der Waals surface area contributed by atoms with Crippen molar-refractivity contribution >= 4 is 23.0 Å². The number of aromatic nitrogens is 2. The Morgan fingerprint density at radius 2 is 2.12 bits per heavy atom. The average molecular weight is 365 g/mol. The third-order valence-electron chi connectivity index (χ3n) is 4.70. The van der Waals surface area contributed by atoms with Crippen LogP contribution in [0.3, 0.4) is 0 Å². The number of halogens is 2. The van der Waals surface area contributed by atoms with Crippen molar-refractivity contribution in [2.45, 2.75) is 25.9 Å². The second-order valence-electron chi connectivity index (χ2n) is 6.48. The normalized spacial score (nSPS) is 17.7. The lowest BCUT2D eigenvalue weighted by atomic mass is 9.97. The van der Waals surface area contributed by atoms with Gasteiger partial charge in [-0.1, -0.05) is 12.1 Å². The Morgan fingerprint density at radius 3 is 2.81 bits per heavy atom. The molecule has 1 aromatic heterocycles. The van der Waals surface area contributed by atoms with Crippen molar-refractivity contribution in [1.82, 2.24) is 19.4 Å². The predicted octanol–water partition coefficient (Wildman–Crippen LogP) is 2.18. The highest BCUT2D eigenvalue weighted by molar-refractivity contribution is 5.81. The maximum absolute atomic E-state index is 13.5. The topological polar surface area (TPSA) is 84.5 Å². The molecule has 1 fully saturated rings. The number of nitrogens with two attached hydrogens (primary N) is 1. The Labute approximate surface area is 149 Å². The molecule has 0 radical (unpaired) electrons. The lowest BCUT2D eigenvalue weighted by Gasteiger charge is -2.32. The molecule has 2 N–H and O–H groups in total. The van der Waals surface area contributed by atoms with Crippen LogP contribution in [0.25, 0.3) is 11.0 Å². The molecule has 3 rings (SSSR count). The van der Waals surface area contributed by atoms with Crippen molar-refractivity contribution in [1.29, 1.82) is 0 Å². The van der Waals surface area contributed by atoms with E-state index in [1.54, 1.807) is 31.3 Å². The molecule has 1 aromatic carbocycles. The predicted molar refractivity (Wildman–Crippen MR) is 91.3 cm³/mol. The minimum Gasteiger partial charge on any atom is -0.351 e. The number of hydrogen-bond acceptors (Lipinski definition) is 3. The number of primary amides is 1. The number of urea groups is 1. The molecular formula is C17H21F2N5O2. The smallest absolute Gasteiger partial charge is 0.320 e. The van der Waals surface area contributed by atoms with Crippen molar-refractivity contribution in [3.63, 3.8) is 0 Å². The number of fused-ring (bicyclic) bond motifs is 1. The van der Waals surface area contributed by atoms with Gasteiger partial charge in [-0.2, -0.15) is 8.78 Å². The summed E-state index contributed by atoms with van der Waals surface area (Å²) < 4.78 is 27.8. The first-order chi connectivity index (χ1) is 12.4. The number of nitrogens with zero attached hydrogens (tertiary/aromatic N) is 4. The van der Waals surface area contributed by atoms with E-state index in [0.717, 1.165) is 4.57 Å². The van der Waals surface area contributed by atoms with E-state index in [2.05, 4.69) is 4.98 Å². The average Bonchev–Trinajstić information content (AvgIpc) is 2.99. The Kier molecular flexibility index (Phi) is 5.06. The van der Waals surface area contributed by atoms with Crippen LogP contribution in [-0.2, 0) is 11.3 Å². The molecule has 26 heavy (non-hydrogen) atoms. The van der Waals surface area contributed by atoms with Crippen molar-refractivity contribution in [3.8, 4) is 0 Å². The van der Waals surface area contributed by atoms with E-state index in [9.17, 15) is 18.4 Å². The fourth-order valence-electron chi connectivity index (χ4n) is 3.40. The van der Waals surface area contributed by atoms with Gasteiger partial charge in [-0.15, -0.1) is 0 Å². The third-order valence-corrected chi connectivity index (χ3v) is 4.70. The van der Waals surface area contributed by atoms with Crippen LogP contribution in [0.4, 0.5) is 13.6 Å². The van der Waals surface area contributed by atoms with Gasteiger partial charge in [-0.05, 0) is 25.0 Å². The van der Waals surface area contributed by atoms with E-state index in [-0.39, 0.29) is 30.7 Å². The van der Waals surface area contributed by atoms with Crippen molar-refractivity contribution < 1.29 is 18.4 Å². The second-order valence-corrected chi connectivity index (χ2v) is 6.48. The molecule has 2 aromatic rings. The van der Waals surface area contributed by atoms with Gasteiger partial charge in [0.25, 0.3) is 0 Å². The Bertz CT molecular complexity index is 823. The monoisotopic (exact) mass is 365 g/mol. The molecule has 9 heteroatoms. The van der Waals surface area contributed by atoms with Crippen molar-refractivity contribution in [2.75, 3.05) is 20.1 Å². The quantitative estimate of drug-likeness (QED) is 0.901. The summed E-state index contributed by atoms with van der Waals surface area (Å²) >= 11 is 0. The van der Waals surface area contributed by atoms with Gasteiger partial charge >= 0.3 is 12.6 Å². The zero-order chi connectivity index (χ0) is 18.8. The molecule has 1 unspecified atom stereocenters. The molecule has 7 nitrogen and oxygen atoms in total. The molecule has 3 amide bonds. The standard InChI is InChI=1S/C17H21F2N5O2/c1-22(15(25)11-5-4-8-23(9-11)17(20)26)10-14-21-12-6-2-3-7-13(12)24(14)16(18)19/h2-3,6-7,11,16H,4-5,8-10H2,1H3,(H2,20,26). The van der Waals surface area contributed by atoms with Gasteiger partial charge in [0.1, 0.15) is 5.82 Å². The SMILES string of the molecule is CN(Cc1nc2ccccc2n1C(F)F)C(=O)C1CCCN(C(N)=O)C1. The lowest BCUT2D eigenvalue weighted by Crippen LogP contribution is -2.47. The van der Waals surface area contributed by atoms with E-state index in [1.165, 1.54) is 9.80 Å². The second kappa shape index (κ2) is 7.27. The van der Waals surface area contributed by atoms with Gasteiger partial charge in [0.05, 0.1) is 23.5 Å². The highest BCUT2D eigenvalue weighted by Gasteiger charge is 2.30. The van der Waals surface area contributed by atoms with Crippen LogP contribution in [0.5, 0.6) is 0 Å². The minimum absolute atomic E-state index is 0.0368. The number of rotatable bonds is 4. The number of alkyl halides is 2. The molecule has 1 atom stereocenters. The number of benzene rings is 1. The van der Waals surface area contributed by atoms with E-state index in [0.29, 0.717) is 30.4 Å². The molecule has 0 saturated carbocycles. The molecule has 0 aliphatic carbocycles. The maximum atomic E-state index is 13.5. The van der Waals surface area contributed by atoms with Gasteiger partial charge in [-0.3, -0.25) is 9.36 Å². The Balaban J connectivity index is 1.78. The minimum atomic E-state index is -2.75. The summed E-state index contributed by atoms with van der Waals surface area (Å²) in [6.07, 6.45) is 1.32. The molecule has 0 spiro atoms. The maximum Gasteiger partial charge on any atom is 0.320 e. The largest absolute Gasteiger partial charge is 0.351 e. The molecule has 0 bridgehead atoms. The first-order valence-electron chi connectivity index (χ1n) is 8.42. The highest BCUT2D eigenvalue weighted by atomic mass is 19.3.